The largest absolute Gasteiger partial charge is 0.375 e. The average molecular weight is 226 g/mol. The summed E-state index contributed by atoms with van der Waals surface area (Å²) in [6.07, 6.45) is 4.92. The topological polar surface area (TPSA) is 41.6 Å². The molecule has 4 nitrogen and oxygen atoms in total. The lowest BCUT2D eigenvalue weighted by molar-refractivity contribution is -0.136. The van der Waals surface area contributed by atoms with Crippen molar-refractivity contribution < 1.29 is 9.53 Å². The van der Waals surface area contributed by atoms with Gasteiger partial charge in [0.15, 0.2) is 0 Å². The number of carbonyl (C=O) groups excluding carboxylic acids is 1. The Bertz CT molecular complexity index is 231. The number of amides is 1. The van der Waals surface area contributed by atoms with E-state index in [1.54, 1.807) is 7.11 Å². The van der Waals surface area contributed by atoms with E-state index in [1.165, 1.54) is 19.4 Å². The normalized spacial score (nSPS) is 27.3. The first-order chi connectivity index (χ1) is 7.81. The number of hydrogen-bond acceptors (Lipinski definition) is 3. The number of nitrogens with one attached hydrogen (secondary N) is 1. The molecule has 1 amide bonds. The van der Waals surface area contributed by atoms with Crippen LogP contribution in [0.3, 0.4) is 0 Å². The van der Waals surface area contributed by atoms with Crippen LogP contribution in [0.5, 0.6) is 0 Å². The molecule has 1 N–H and O–H groups in total. The van der Waals surface area contributed by atoms with Gasteiger partial charge in [0.1, 0.15) is 6.61 Å². The van der Waals surface area contributed by atoms with Gasteiger partial charge in [-0.2, -0.15) is 0 Å². The molecule has 1 atom stereocenters. The molecule has 0 spiro atoms. The Labute approximate surface area is 97.3 Å². The quantitative estimate of drug-likeness (QED) is 0.767. The third kappa shape index (κ3) is 2.74. The Balaban J connectivity index is 1.75. The second-order valence-corrected chi connectivity index (χ2v) is 4.85. The van der Waals surface area contributed by atoms with Gasteiger partial charge in [-0.15, -0.1) is 0 Å². The molecule has 92 valence electrons. The summed E-state index contributed by atoms with van der Waals surface area (Å²) >= 11 is 0. The summed E-state index contributed by atoms with van der Waals surface area (Å²) < 4.78 is 4.88. The fraction of sp³-hybridized carbons (Fsp3) is 0.917. The molecular weight excluding hydrogens is 204 g/mol. The Morgan fingerprint density at radius 1 is 1.38 bits per heavy atom. The van der Waals surface area contributed by atoms with E-state index in [4.69, 9.17) is 4.74 Å². The molecule has 4 heteroatoms. The number of piperidine rings is 1. The second kappa shape index (κ2) is 5.64. The summed E-state index contributed by atoms with van der Waals surface area (Å²) in [6, 6.07) is 0.708. The van der Waals surface area contributed by atoms with E-state index in [1.807, 2.05) is 4.90 Å². The van der Waals surface area contributed by atoms with Crippen molar-refractivity contribution in [2.75, 3.05) is 33.4 Å². The van der Waals surface area contributed by atoms with Crippen LogP contribution >= 0.6 is 0 Å². The van der Waals surface area contributed by atoms with Crippen molar-refractivity contribution in [1.82, 2.24) is 10.2 Å². The molecule has 0 aromatic rings. The molecule has 2 aliphatic rings. The van der Waals surface area contributed by atoms with E-state index < -0.39 is 0 Å². The Kier molecular flexibility index (Phi) is 4.18. The number of methoxy groups -OCH3 is 1. The summed E-state index contributed by atoms with van der Waals surface area (Å²) in [6.45, 7) is 3.22. The number of carbonyl (C=O) groups is 1. The highest BCUT2D eigenvalue weighted by molar-refractivity contribution is 5.77. The molecule has 0 radical (unpaired) electrons. The molecule has 2 aliphatic heterocycles. The number of hydrogen-bond donors (Lipinski definition) is 1. The predicted octanol–water partition coefficient (Wildman–Crippen LogP) is 0.623. The third-order valence-corrected chi connectivity index (χ3v) is 3.83. The zero-order chi connectivity index (χ0) is 11.4. The van der Waals surface area contributed by atoms with Crippen molar-refractivity contribution in [3.8, 4) is 0 Å². The van der Waals surface area contributed by atoms with Gasteiger partial charge >= 0.3 is 0 Å². The van der Waals surface area contributed by atoms with Crippen LogP contribution in [0.4, 0.5) is 0 Å². The SMILES string of the molecule is COCC(=O)N1CCC(C2CCCN2)CC1. The number of rotatable bonds is 3. The highest BCUT2D eigenvalue weighted by Crippen LogP contribution is 2.25. The molecular formula is C12H22N2O2. The van der Waals surface area contributed by atoms with Gasteiger partial charge in [-0.25, -0.2) is 0 Å². The first kappa shape index (κ1) is 11.9. The highest BCUT2D eigenvalue weighted by atomic mass is 16.5. The van der Waals surface area contributed by atoms with Crippen molar-refractivity contribution in [2.45, 2.75) is 31.7 Å². The summed E-state index contributed by atoms with van der Waals surface area (Å²) in [5, 5.41) is 3.57. The van der Waals surface area contributed by atoms with Gasteiger partial charge in [-0.1, -0.05) is 0 Å². The van der Waals surface area contributed by atoms with E-state index in [0.717, 1.165) is 31.8 Å². The van der Waals surface area contributed by atoms with Crippen molar-refractivity contribution >= 4 is 5.91 Å². The van der Waals surface area contributed by atoms with E-state index >= 15 is 0 Å². The van der Waals surface area contributed by atoms with Gasteiger partial charge in [0.25, 0.3) is 0 Å². The molecule has 0 aliphatic carbocycles. The Morgan fingerprint density at radius 3 is 2.69 bits per heavy atom. The number of nitrogens with zero attached hydrogens (tertiary/aromatic N) is 1. The standard InChI is InChI=1S/C12H22N2O2/c1-16-9-12(15)14-7-4-10(5-8-14)11-3-2-6-13-11/h10-11,13H,2-9H2,1H3. The molecule has 2 rings (SSSR count). The maximum Gasteiger partial charge on any atom is 0.248 e. The van der Waals surface area contributed by atoms with E-state index in [9.17, 15) is 4.79 Å². The van der Waals surface area contributed by atoms with E-state index in [-0.39, 0.29) is 12.5 Å². The molecule has 1 unspecified atom stereocenters. The lowest BCUT2D eigenvalue weighted by atomic mass is 9.88. The van der Waals surface area contributed by atoms with Gasteiger partial charge in [0.05, 0.1) is 0 Å². The summed E-state index contributed by atoms with van der Waals surface area (Å²) in [5.41, 5.74) is 0. The maximum atomic E-state index is 11.6. The summed E-state index contributed by atoms with van der Waals surface area (Å²) in [7, 11) is 1.58. The second-order valence-electron chi connectivity index (χ2n) is 4.85. The predicted molar refractivity (Wildman–Crippen MR) is 62.2 cm³/mol. The molecule has 16 heavy (non-hydrogen) atoms. The van der Waals surface area contributed by atoms with Crippen molar-refractivity contribution in [1.29, 1.82) is 0 Å². The Hall–Kier alpha value is -0.610. The van der Waals surface area contributed by atoms with Gasteiger partial charge in [-0.05, 0) is 38.1 Å². The van der Waals surface area contributed by atoms with Gasteiger partial charge in [0, 0.05) is 26.2 Å². The molecule has 0 bridgehead atoms. The minimum Gasteiger partial charge on any atom is -0.375 e. The van der Waals surface area contributed by atoms with Crippen molar-refractivity contribution in [3.63, 3.8) is 0 Å². The van der Waals surface area contributed by atoms with Crippen molar-refractivity contribution in [3.05, 3.63) is 0 Å². The number of ether oxygens (including phenoxy) is 1. The van der Waals surface area contributed by atoms with E-state index in [0.29, 0.717) is 6.04 Å². The zero-order valence-electron chi connectivity index (χ0n) is 10.1. The first-order valence-electron chi connectivity index (χ1n) is 6.31. The molecule has 0 aromatic carbocycles. The highest BCUT2D eigenvalue weighted by Gasteiger charge is 2.29. The van der Waals surface area contributed by atoms with Gasteiger partial charge < -0.3 is 15.0 Å². The summed E-state index contributed by atoms with van der Waals surface area (Å²) in [5.74, 6) is 0.912. The van der Waals surface area contributed by atoms with Crippen LogP contribution in [0, 0.1) is 5.92 Å². The van der Waals surface area contributed by atoms with Crippen LogP contribution in [-0.4, -0.2) is 50.2 Å². The molecule has 2 saturated heterocycles. The maximum absolute atomic E-state index is 11.6. The smallest absolute Gasteiger partial charge is 0.248 e. The van der Waals surface area contributed by atoms with E-state index in [2.05, 4.69) is 5.32 Å². The van der Waals surface area contributed by atoms with Crippen LogP contribution in [0.25, 0.3) is 0 Å². The average Bonchev–Trinajstić information content (AvgIpc) is 2.83. The third-order valence-electron chi connectivity index (χ3n) is 3.83. The molecule has 0 aromatic heterocycles. The monoisotopic (exact) mass is 226 g/mol. The molecule has 2 heterocycles. The Morgan fingerprint density at radius 2 is 2.12 bits per heavy atom. The lowest BCUT2D eigenvalue weighted by Gasteiger charge is -2.34. The van der Waals surface area contributed by atoms with Gasteiger partial charge in [-0.3, -0.25) is 4.79 Å². The fourth-order valence-electron chi connectivity index (χ4n) is 2.88. The minimum atomic E-state index is 0.139. The van der Waals surface area contributed by atoms with Crippen LogP contribution in [0.15, 0.2) is 0 Å². The van der Waals surface area contributed by atoms with Crippen molar-refractivity contribution in [2.24, 2.45) is 5.92 Å². The summed E-state index contributed by atoms with van der Waals surface area (Å²) in [4.78, 5) is 13.6. The van der Waals surface area contributed by atoms with Crippen LogP contribution in [-0.2, 0) is 9.53 Å². The van der Waals surface area contributed by atoms with Crippen LogP contribution in [0.1, 0.15) is 25.7 Å². The zero-order valence-corrected chi connectivity index (χ0v) is 10.1. The first-order valence-corrected chi connectivity index (χ1v) is 6.31. The molecule has 2 fully saturated rings. The van der Waals surface area contributed by atoms with Gasteiger partial charge in [0.2, 0.25) is 5.91 Å². The molecule has 0 saturated carbocycles. The fourth-order valence-corrected chi connectivity index (χ4v) is 2.88. The van der Waals surface area contributed by atoms with Crippen LogP contribution < -0.4 is 5.32 Å². The lowest BCUT2D eigenvalue weighted by Crippen LogP contribution is -2.44. The minimum absolute atomic E-state index is 0.139. The van der Waals surface area contributed by atoms with Crippen LogP contribution in [0.2, 0.25) is 0 Å². The number of likely N-dealkylation sites (tertiary alicyclic amines) is 1.